The maximum Gasteiger partial charge on any atom is -1.00 e. The molecule has 1 nitrogen and oxygen atoms in total. The van der Waals surface area contributed by atoms with Crippen LogP contribution < -0.4 is 24.8 Å². The van der Waals surface area contributed by atoms with Crippen molar-refractivity contribution in [3.05, 3.63) is 124 Å². The Kier molecular flexibility index (Phi) is 9.70. The molecule has 2 bridgehead atoms. The van der Waals surface area contributed by atoms with Gasteiger partial charge in [0.25, 0.3) is 0 Å². The summed E-state index contributed by atoms with van der Waals surface area (Å²) in [6.45, 7) is 9.62. The number of allylic oxidation sites excluding steroid dienone is 2. The van der Waals surface area contributed by atoms with Crippen molar-refractivity contribution >= 4 is 19.3 Å². The molecule has 9 rings (SSSR count). The number of para-hydroxylation sites is 1. The van der Waals surface area contributed by atoms with E-state index in [2.05, 4.69) is 123 Å². The summed E-state index contributed by atoms with van der Waals surface area (Å²) in [5.41, 5.74) is 15.6. The molecule has 0 amide bonds. The third-order valence-electron chi connectivity index (χ3n) is 10.3. The third-order valence-corrected chi connectivity index (χ3v) is 16.3. The Labute approximate surface area is 286 Å². The summed E-state index contributed by atoms with van der Waals surface area (Å²) in [7, 11) is -1.17. The Bertz CT molecular complexity index is 1680. The zero-order valence-corrected chi connectivity index (χ0v) is 30.6. The van der Waals surface area contributed by atoms with Crippen LogP contribution in [0.5, 0.6) is 0 Å². The molecule has 0 spiro atoms. The molecule has 5 aliphatic rings. The van der Waals surface area contributed by atoms with Crippen molar-refractivity contribution in [3.63, 3.8) is 0 Å². The first-order valence-electron chi connectivity index (χ1n) is 15.5. The molecule has 1 aromatic heterocycles. The van der Waals surface area contributed by atoms with Gasteiger partial charge in [0.05, 0.1) is 8.07 Å². The van der Waals surface area contributed by atoms with Gasteiger partial charge in [0, 0.05) is 23.1 Å². The van der Waals surface area contributed by atoms with Gasteiger partial charge in [-0.25, -0.2) is 0 Å². The van der Waals surface area contributed by atoms with Crippen LogP contribution in [0.15, 0.2) is 96.2 Å². The Balaban J connectivity index is 0.000000168. The average Bonchev–Trinajstić information content (AvgIpc) is 3.69. The van der Waals surface area contributed by atoms with Gasteiger partial charge in [-0.05, 0) is 30.7 Å². The van der Waals surface area contributed by atoms with E-state index in [1.165, 1.54) is 71.2 Å². The average molecular weight is 701 g/mol. The molecule has 0 N–H and O–H groups in total. The fourth-order valence-corrected chi connectivity index (χ4v) is 13.5. The summed E-state index contributed by atoms with van der Waals surface area (Å²) in [5.74, 6) is 0.797. The summed E-state index contributed by atoms with van der Waals surface area (Å²) in [5, 5.41) is 1.72. The maximum absolute atomic E-state index is 2.51. The van der Waals surface area contributed by atoms with E-state index in [9.17, 15) is 0 Å². The molecule has 5 heteroatoms. The predicted molar refractivity (Wildman–Crippen MR) is 173 cm³/mol. The van der Waals surface area contributed by atoms with E-state index in [0.717, 1.165) is 11.5 Å². The fourth-order valence-electron chi connectivity index (χ4n) is 8.31. The molecule has 1 fully saturated rings. The SMILES string of the molecule is CC1=C2c3ccn(-c4ccccc4)c3C1[Si]2(C)C.CC1=Cc2c(-c3ccc(C4CCCCC4)cc3)cccc2[CH]1[Zr+2].[Cl-].[Cl-]. The standard InChI is InChI=1S/C22H23.C16H17NSi.2ClH.Zr/c1-16-14-20-8-5-9-21(22(20)15-16)19-12-10-18(11-13-19)17-6-3-2-4-7-17;1-11-15-13-9-10-17(12-7-5-4-6-8-12)14(13)16(11)18(15,2)3;;;/h5,8-15,17H,2-4,6-7H2,1H3;4-10,16H,1-3H3;2*1H;/q;;;;+2/p-2. The van der Waals surface area contributed by atoms with Crippen LogP contribution >= 0.6 is 0 Å². The zero-order valence-electron chi connectivity index (χ0n) is 25.6. The number of rotatable bonds is 3. The number of benzene rings is 3. The van der Waals surface area contributed by atoms with Crippen LogP contribution in [0.25, 0.3) is 28.1 Å². The van der Waals surface area contributed by atoms with Gasteiger partial charge in [-0.2, -0.15) is 0 Å². The van der Waals surface area contributed by atoms with E-state index in [-0.39, 0.29) is 24.8 Å². The van der Waals surface area contributed by atoms with Crippen molar-refractivity contribution in [1.29, 1.82) is 0 Å². The summed E-state index contributed by atoms with van der Waals surface area (Å²) in [6, 6.07) is 29.3. The molecule has 43 heavy (non-hydrogen) atoms. The first-order chi connectivity index (χ1) is 19.9. The topological polar surface area (TPSA) is 4.93 Å². The van der Waals surface area contributed by atoms with Crippen molar-refractivity contribution in [3.8, 4) is 16.8 Å². The van der Waals surface area contributed by atoms with Gasteiger partial charge >= 0.3 is 155 Å². The first-order valence-corrected chi connectivity index (χ1v) is 20.0. The molecule has 2 atom stereocenters. The van der Waals surface area contributed by atoms with E-state index in [0.29, 0.717) is 3.63 Å². The Morgan fingerprint density at radius 1 is 0.767 bits per heavy atom. The monoisotopic (exact) mass is 698 g/mol. The molecule has 1 saturated carbocycles. The van der Waals surface area contributed by atoms with Crippen LogP contribution in [0.3, 0.4) is 0 Å². The van der Waals surface area contributed by atoms with Crippen LogP contribution in [0.1, 0.15) is 89.0 Å². The van der Waals surface area contributed by atoms with Crippen LogP contribution in [0.2, 0.25) is 13.1 Å². The zero-order chi connectivity index (χ0) is 28.3. The van der Waals surface area contributed by atoms with Gasteiger partial charge in [-0.1, -0.05) is 42.1 Å². The Morgan fingerprint density at radius 2 is 1.47 bits per heavy atom. The fraction of sp³-hybridized carbons (Fsp3) is 0.316. The largest absolute Gasteiger partial charge is 1.00 e. The first kappa shape index (κ1) is 32.5. The molecule has 3 aromatic carbocycles. The molecule has 219 valence electrons. The molecule has 3 heterocycles. The summed E-state index contributed by atoms with van der Waals surface area (Å²) >= 11 is 1.60. The van der Waals surface area contributed by atoms with Crippen molar-refractivity contribution < 1.29 is 49.5 Å². The van der Waals surface area contributed by atoms with E-state index < -0.39 is 8.07 Å². The van der Waals surface area contributed by atoms with Crippen LogP contribution in [0, 0.1) is 0 Å². The number of fused-ring (bicyclic) bond motifs is 1. The number of hydrogen-bond acceptors (Lipinski definition) is 0. The second kappa shape index (κ2) is 12.8. The van der Waals surface area contributed by atoms with Crippen molar-refractivity contribution in [1.82, 2.24) is 4.57 Å². The normalized spacial score (nSPS) is 20.9. The second-order valence-electron chi connectivity index (χ2n) is 13.1. The van der Waals surface area contributed by atoms with Gasteiger partial charge in [0.15, 0.2) is 0 Å². The molecular formula is C38H40Cl2NSiZr. The van der Waals surface area contributed by atoms with Gasteiger partial charge in [-0.15, -0.1) is 0 Å². The minimum Gasteiger partial charge on any atom is -1.00 e. The van der Waals surface area contributed by atoms with E-state index in [1.807, 2.05) is 0 Å². The number of hydrogen-bond donors (Lipinski definition) is 0. The van der Waals surface area contributed by atoms with Crippen molar-refractivity contribution in [2.45, 2.75) is 74.1 Å². The van der Waals surface area contributed by atoms with E-state index in [1.54, 1.807) is 46.7 Å². The Hall–Kier alpha value is -1.90. The minimum atomic E-state index is -1.17. The molecule has 2 aliphatic heterocycles. The second-order valence-corrected chi connectivity index (χ2v) is 19.1. The molecule has 4 aromatic rings. The Morgan fingerprint density at radius 3 is 2.14 bits per heavy atom. The van der Waals surface area contributed by atoms with Gasteiger partial charge < -0.3 is 29.4 Å². The predicted octanol–water partition coefficient (Wildman–Crippen LogP) is 4.56. The van der Waals surface area contributed by atoms with Crippen molar-refractivity contribution in [2.24, 2.45) is 0 Å². The molecule has 0 radical (unpaired) electrons. The van der Waals surface area contributed by atoms with Gasteiger partial charge in [0.2, 0.25) is 0 Å². The van der Waals surface area contributed by atoms with E-state index >= 15 is 0 Å². The van der Waals surface area contributed by atoms with E-state index in [4.69, 9.17) is 0 Å². The molecule has 0 saturated heterocycles. The summed E-state index contributed by atoms with van der Waals surface area (Å²) in [6.07, 6.45) is 11.6. The number of aromatic nitrogens is 1. The summed E-state index contributed by atoms with van der Waals surface area (Å²) < 4.78 is 3.05. The van der Waals surface area contributed by atoms with Gasteiger partial charge in [0.1, 0.15) is 0 Å². The third kappa shape index (κ3) is 5.48. The summed E-state index contributed by atoms with van der Waals surface area (Å²) in [4.78, 5) is 0. The van der Waals surface area contributed by atoms with Gasteiger partial charge in [-0.3, -0.25) is 0 Å². The number of halogens is 2. The minimum absolute atomic E-state index is 0. The van der Waals surface area contributed by atoms with Crippen LogP contribution in [-0.2, 0) is 24.7 Å². The maximum atomic E-state index is 2.51. The van der Waals surface area contributed by atoms with Crippen LogP contribution in [-0.4, -0.2) is 12.6 Å². The smallest absolute Gasteiger partial charge is 1.00 e. The molecule has 3 aliphatic carbocycles. The quantitative estimate of drug-likeness (QED) is 0.277. The molecular weight excluding hydrogens is 661 g/mol. The van der Waals surface area contributed by atoms with Crippen molar-refractivity contribution in [2.75, 3.05) is 0 Å². The number of nitrogens with zero attached hydrogens (tertiary/aromatic N) is 1. The molecule has 2 unspecified atom stereocenters. The van der Waals surface area contributed by atoms with Crippen LogP contribution in [0.4, 0.5) is 0 Å².